The molecule has 0 aliphatic heterocycles. The Morgan fingerprint density at radius 3 is 1.59 bits per heavy atom. The Bertz CT molecular complexity index is 3400. The van der Waals surface area contributed by atoms with Gasteiger partial charge in [0, 0.05) is 38.5 Å². The topological polar surface area (TPSA) is 34.5 Å². The van der Waals surface area contributed by atoms with E-state index in [0.717, 1.165) is 77.8 Å². The van der Waals surface area contributed by atoms with E-state index >= 15 is 0 Å². The summed E-state index contributed by atoms with van der Waals surface area (Å²) in [5.41, 5.74) is 14.7. The van der Waals surface area contributed by atoms with Crippen molar-refractivity contribution in [2.24, 2.45) is 0 Å². The second kappa shape index (κ2) is 12.9. The van der Waals surface area contributed by atoms with Gasteiger partial charge in [0.25, 0.3) is 0 Å². The third-order valence-corrected chi connectivity index (χ3v) is 11.6. The molecule has 4 nitrogen and oxygen atoms in total. The van der Waals surface area contributed by atoms with Crippen LogP contribution >= 0.6 is 0 Å². The van der Waals surface area contributed by atoms with Crippen LogP contribution in [0.2, 0.25) is 0 Å². The van der Waals surface area contributed by atoms with Gasteiger partial charge in [-0.25, -0.2) is 0 Å². The summed E-state index contributed by atoms with van der Waals surface area (Å²) in [5.74, 6) is 0. The first kappa shape index (κ1) is 32.4. The van der Waals surface area contributed by atoms with E-state index in [9.17, 15) is 0 Å². The molecular weight excluding hydrogens is 709 g/mol. The highest BCUT2D eigenvalue weighted by molar-refractivity contribution is 6.18. The maximum atomic E-state index is 6.42. The minimum Gasteiger partial charge on any atom is -0.456 e. The van der Waals surface area contributed by atoms with Crippen molar-refractivity contribution in [2.45, 2.75) is 0 Å². The highest BCUT2D eigenvalue weighted by Gasteiger charge is 2.23. The molecule has 0 unspecified atom stereocenters. The molecule has 272 valence electrons. The summed E-state index contributed by atoms with van der Waals surface area (Å²) in [5, 5.41) is 6.78. The molecule has 3 aromatic heterocycles. The molecule has 12 aromatic rings. The zero-order valence-electron chi connectivity index (χ0n) is 31.3. The predicted molar refractivity (Wildman–Crippen MR) is 241 cm³/mol. The van der Waals surface area contributed by atoms with E-state index in [4.69, 9.17) is 8.83 Å². The number of furan rings is 2. The van der Waals surface area contributed by atoms with Gasteiger partial charge in [-0.2, -0.15) is 0 Å². The summed E-state index contributed by atoms with van der Waals surface area (Å²) >= 11 is 0. The average Bonchev–Trinajstić information content (AvgIpc) is 3.97. The summed E-state index contributed by atoms with van der Waals surface area (Å²) in [6, 6.07) is 73.2. The minimum atomic E-state index is 0.849. The quantitative estimate of drug-likeness (QED) is 0.170. The number of nitrogens with zero attached hydrogens (tertiary/aromatic N) is 2. The Hall–Kier alpha value is -7.82. The molecule has 0 N–H and O–H groups in total. The van der Waals surface area contributed by atoms with E-state index in [1.165, 1.54) is 32.9 Å². The Kier molecular flexibility index (Phi) is 7.20. The fraction of sp³-hybridized carbons (Fsp3) is 0. The van der Waals surface area contributed by atoms with E-state index in [-0.39, 0.29) is 0 Å². The van der Waals surface area contributed by atoms with Gasteiger partial charge < -0.3 is 18.3 Å². The van der Waals surface area contributed by atoms with E-state index in [0.29, 0.717) is 0 Å². The number of para-hydroxylation sites is 4. The Morgan fingerprint density at radius 1 is 0.362 bits per heavy atom. The lowest BCUT2D eigenvalue weighted by molar-refractivity contribution is 0.668. The van der Waals surface area contributed by atoms with E-state index in [1.54, 1.807) is 0 Å². The number of hydrogen-bond donors (Lipinski definition) is 0. The molecule has 9 aromatic carbocycles. The van der Waals surface area contributed by atoms with Crippen molar-refractivity contribution >= 4 is 82.7 Å². The fourth-order valence-corrected chi connectivity index (χ4v) is 9.06. The maximum absolute atomic E-state index is 6.42. The second-order valence-corrected chi connectivity index (χ2v) is 14.8. The molecular formula is C54H34N2O2. The van der Waals surface area contributed by atoms with Crippen LogP contribution in [0.4, 0.5) is 17.1 Å². The van der Waals surface area contributed by atoms with Gasteiger partial charge in [0.05, 0.1) is 33.2 Å². The minimum absolute atomic E-state index is 0.849. The molecule has 0 aliphatic carbocycles. The van der Waals surface area contributed by atoms with Gasteiger partial charge in [-0.15, -0.1) is 0 Å². The Morgan fingerprint density at radius 2 is 0.897 bits per heavy atom. The van der Waals surface area contributed by atoms with Gasteiger partial charge >= 0.3 is 0 Å². The number of fused-ring (bicyclic) bond motifs is 9. The molecule has 0 bridgehead atoms. The molecule has 3 heterocycles. The SMILES string of the molecule is c1ccc(-c2cccc3c4ccccc4n(-c4cccc(-c5ccc(N(c6cccc7oc8ccccc8c67)c6cccc7oc8ccccc8c67)cc5)c4)c23)cc1. The molecule has 0 amide bonds. The number of hydrogen-bond acceptors (Lipinski definition) is 3. The van der Waals surface area contributed by atoms with Crippen molar-refractivity contribution in [2.75, 3.05) is 4.90 Å². The molecule has 4 heteroatoms. The van der Waals surface area contributed by atoms with E-state index < -0.39 is 0 Å². The standard InChI is InChI=1S/C54H34N2O2/c1-2-14-36(15-3-1)40-21-11-22-42-41-18-4-7-23-45(41)56(54(40)42)39-17-10-16-37(34-39)35-30-32-38(33-31-35)55(46-24-12-28-50-52(46)43-19-5-8-26-48(43)57-50)47-25-13-29-51-53(47)44-20-6-9-27-49(44)58-51/h1-34H. The van der Waals surface area contributed by atoms with Crippen LogP contribution in [0.3, 0.4) is 0 Å². The summed E-state index contributed by atoms with van der Waals surface area (Å²) in [6.07, 6.45) is 0. The summed E-state index contributed by atoms with van der Waals surface area (Å²) in [7, 11) is 0. The molecule has 0 atom stereocenters. The molecule has 0 aliphatic rings. The van der Waals surface area contributed by atoms with Crippen molar-refractivity contribution in [1.82, 2.24) is 4.57 Å². The van der Waals surface area contributed by atoms with Crippen LogP contribution in [0.25, 0.3) is 93.6 Å². The van der Waals surface area contributed by atoms with Crippen molar-refractivity contribution in [3.05, 3.63) is 206 Å². The highest BCUT2D eigenvalue weighted by atomic mass is 16.3. The predicted octanol–water partition coefficient (Wildman–Crippen LogP) is 15.4. The van der Waals surface area contributed by atoms with Crippen LogP contribution < -0.4 is 4.90 Å². The monoisotopic (exact) mass is 742 g/mol. The lowest BCUT2D eigenvalue weighted by Crippen LogP contribution is -2.10. The van der Waals surface area contributed by atoms with E-state index in [1.807, 2.05) is 24.3 Å². The van der Waals surface area contributed by atoms with Crippen LogP contribution in [-0.2, 0) is 0 Å². The summed E-state index contributed by atoms with van der Waals surface area (Å²) in [4.78, 5) is 2.36. The van der Waals surface area contributed by atoms with Crippen molar-refractivity contribution in [3.63, 3.8) is 0 Å². The lowest BCUT2D eigenvalue weighted by Gasteiger charge is -2.27. The van der Waals surface area contributed by atoms with Gasteiger partial charge in [0.15, 0.2) is 0 Å². The summed E-state index contributed by atoms with van der Waals surface area (Å²) in [6.45, 7) is 0. The van der Waals surface area contributed by atoms with Gasteiger partial charge in [0.1, 0.15) is 22.3 Å². The molecule has 0 fully saturated rings. The highest BCUT2D eigenvalue weighted by Crippen LogP contribution is 2.47. The smallest absolute Gasteiger partial charge is 0.137 e. The number of anilines is 3. The van der Waals surface area contributed by atoms with Gasteiger partial charge in [0.2, 0.25) is 0 Å². The van der Waals surface area contributed by atoms with E-state index in [2.05, 4.69) is 191 Å². The normalized spacial score (nSPS) is 11.8. The van der Waals surface area contributed by atoms with Crippen LogP contribution in [-0.4, -0.2) is 4.57 Å². The third kappa shape index (κ3) is 4.95. The Labute approximate surface area is 334 Å². The fourth-order valence-electron chi connectivity index (χ4n) is 9.06. The third-order valence-electron chi connectivity index (χ3n) is 11.6. The molecule has 0 saturated heterocycles. The molecule has 0 spiro atoms. The van der Waals surface area contributed by atoms with Crippen molar-refractivity contribution in [1.29, 1.82) is 0 Å². The van der Waals surface area contributed by atoms with Crippen LogP contribution in [0, 0.1) is 0 Å². The molecule has 58 heavy (non-hydrogen) atoms. The van der Waals surface area contributed by atoms with Crippen LogP contribution in [0.1, 0.15) is 0 Å². The van der Waals surface area contributed by atoms with Crippen molar-refractivity contribution in [3.8, 4) is 27.9 Å². The second-order valence-electron chi connectivity index (χ2n) is 14.8. The zero-order chi connectivity index (χ0) is 38.2. The number of benzene rings is 9. The molecule has 0 radical (unpaired) electrons. The number of rotatable bonds is 6. The van der Waals surface area contributed by atoms with Gasteiger partial charge in [-0.3, -0.25) is 0 Å². The largest absolute Gasteiger partial charge is 0.456 e. The summed E-state index contributed by atoms with van der Waals surface area (Å²) < 4.78 is 15.3. The first-order valence-corrected chi connectivity index (χ1v) is 19.7. The average molecular weight is 743 g/mol. The molecule has 0 saturated carbocycles. The Balaban J connectivity index is 1.03. The molecule has 12 rings (SSSR count). The number of aromatic nitrogens is 1. The van der Waals surface area contributed by atoms with Crippen LogP contribution in [0.15, 0.2) is 215 Å². The zero-order valence-corrected chi connectivity index (χ0v) is 31.3. The lowest BCUT2D eigenvalue weighted by atomic mass is 10.0. The van der Waals surface area contributed by atoms with Crippen molar-refractivity contribution < 1.29 is 8.83 Å². The maximum Gasteiger partial charge on any atom is 0.137 e. The van der Waals surface area contributed by atoms with Crippen LogP contribution in [0.5, 0.6) is 0 Å². The first-order chi connectivity index (χ1) is 28.8. The van der Waals surface area contributed by atoms with Gasteiger partial charge in [-0.1, -0.05) is 140 Å². The first-order valence-electron chi connectivity index (χ1n) is 19.7. The van der Waals surface area contributed by atoms with Gasteiger partial charge in [-0.05, 0) is 83.4 Å².